The van der Waals surface area contributed by atoms with Crippen LogP contribution >= 0.6 is 0 Å². The van der Waals surface area contributed by atoms with E-state index in [2.05, 4.69) is 0 Å². The first-order chi connectivity index (χ1) is 8.15. The maximum absolute atomic E-state index is 11.8. The average molecular weight is 237 g/mol. The molecule has 1 aliphatic heterocycles. The third-order valence-corrected chi connectivity index (χ3v) is 3.01. The van der Waals surface area contributed by atoms with Gasteiger partial charge in [0.2, 0.25) is 5.91 Å². The van der Waals surface area contributed by atoms with E-state index in [-0.39, 0.29) is 18.2 Å². The Balaban J connectivity index is 1.88. The van der Waals surface area contributed by atoms with Gasteiger partial charge in [0.15, 0.2) is 0 Å². The zero-order valence-electron chi connectivity index (χ0n) is 9.46. The van der Waals surface area contributed by atoms with E-state index in [0.29, 0.717) is 19.5 Å². The van der Waals surface area contributed by atoms with Gasteiger partial charge in [-0.05, 0) is 24.5 Å². The molecule has 1 unspecified atom stereocenters. The summed E-state index contributed by atoms with van der Waals surface area (Å²) in [5.74, 6) is -0.0796. The van der Waals surface area contributed by atoms with Crippen LogP contribution in [-0.2, 0) is 16.1 Å². The van der Waals surface area contributed by atoms with E-state index >= 15 is 0 Å². The lowest BCUT2D eigenvalue weighted by atomic mass is 9.93. The lowest BCUT2D eigenvalue weighted by Gasteiger charge is -2.30. The van der Waals surface area contributed by atoms with E-state index in [1.165, 1.54) is 0 Å². The minimum Gasteiger partial charge on any atom is -0.481 e. The fourth-order valence-corrected chi connectivity index (χ4v) is 2.12. The van der Waals surface area contributed by atoms with Gasteiger partial charge in [0.1, 0.15) is 5.76 Å². The standard InChI is InChI=1S/C12H15NO4/c14-11-6-9(7-12(15)16)3-4-13(11)8-10-2-1-5-17-10/h1-2,5,9H,3-4,6-8H2,(H,15,16). The molecule has 92 valence electrons. The summed E-state index contributed by atoms with van der Waals surface area (Å²) in [5, 5.41) is 8.69. The van der Waals surface area contributed by atoms with Gasteiger partial charge in [0.25, 0.3) is 0 Å². The molecule has 0 aliphatic carbocycles. The Hall–Kier alpha value is -1.78. The van der Waals surface area contributed by atoms with Crippen LogP contribution in [0.5, 0.6) is 0 Å². The number of hydrogen-bond donors (Lipinski definition) is 1. The van der Waals surface area contributed by atoms with Crippen molar-refractivity contribution in [2.75, 3.05) is 6.54 Å². The molecule has 2 rings (SSSR count). The molecule has 1 saturated heterocycles. The van der Waals surface area contributed by atoms with Crippen molar-refractivity contribution in [2.45, 2.75) is 25.8 Å². The maximum atomic E-state index is 11.8. The number of carboxylic acids is 1. The van der Waals surface area contributed by atoms with Crippen LogP contribution in [0.25, 0.3) is 0 Å². The van der Waals surface area contributed by atoms with Crippen LogP contribution in [0.3, 0.4) is 0 Å². The van der Waals surface area contributed by atoms with Crippen molar-refractivity contribution in [1.82, 2.24) is 4.90 Å². The van der Waals surface area contributed by atoms with Gasteiger partial charge in [-0.15, -0.1) is 0 Å². The number of carbonyl (C=O) groups excluding carboxylic acids is 1. The highest BCUT2D eigenvalue weighted by Crippen LogP contribution is 2.22. The van der Waals surface area contributed by atoms with Gasteiger partial charge in [0, 0.05) is 19.4 Å². The zero-order valence-corrected chi connectivity index (χ0v) is 9.46. The van der Waals surface area contributed by atoms with Crippen molar-refractivity contribution in [3.63, 3.8) is 0 Å². The topological polar surface area (TPSA) is 70.8 Å². The molecule has 0 saturated carbocycles. The molecule has 17 heavy (non-hydrogen) atoms. The molecule has 1 aliphatic rings. The quantitative estimate of drug-likeness (QED) is 0.861. The molecule has 0 aromatic carbocycles. The third kappa shape index (κ3) is 3.09. The van der Waals surface area contributed by atoms with Gasteiger partial charge in [-0.3, -0.25) is 9.59 Å². The van der Waals surface area contributed by atoms with Gasteiger partial charge in [0.05, 0.1) is 12.8 Å². The maximum Gasteiger partial charge on any atom is 0.303 e. The van der Waals surface area contributed by atoms with Gasteiger partial charge in [-0.25, -0.2) is 0 Å². The summed E-state index contributed by atoms with van der Waals surface area (Å²) >= 11 is 0. The lowest BCUT2D eigenvalue weighted by Crippen LogP contribution is -2.38. The van der Waals surface area contributed by atoms with Crippen LogP contribution in [0.1, 0.15) is 25.0 Å². The number of hydrogen-bond acceptors (Lipinski definition) is 3. The molecule has 1 amide bonds. The first-order valence-electron chi connectivity index (χ1n) is 5.67. The average Bonchev–Trinajstić information content (AvgIpc) is 2.74. The van der Waals surface area contributed by atoms with Crippen molar-refractivity contribution < 1.29 is 19.1 Å². The van der Waals surface area contributed by atoms with E-state index < -0.39 is 5.97 Å². The van der Waals surface area contributed by atoms with Crippen molar-refractivity contribution in [3.8, 4) is 0 Å². The largest absolute Gasteiger partial charge is 0.481 e. The molecule has 5 nitrogen and oxygen atoms in total. The van der Waals surface area contributed by atoms with Crippen LogP contribution in [0, 0.1) is 5.92 Å². The number of likely N-dealkylation sites (tertiary alicyclic amines) is 1. The SMILES string of the molecule is O=C(O)CC1CCN(Cc2ccco2)C(=O)C1. The Morgan fingerprint density at radius 1 is 1.59 bits per heavy atom. The highest BCUT2D eigenvalue weighted by Gasteiger charge is 2.27. The molecule has 1 atom stereocenters. The van der Waals surface area contributed by atoms with Gasteiger partial charge in [-0.2, -0.15) is 0 Å². The Labute approximate surface area is 99.0 Å². The summed E-state index contributed by atoms with van der Waals surface area (Å²) in [6.07, 6.45) is 2.74. The van der Waals surface area contributed by atoms with E-state index in [0.717, 1.165) is 12.2 Å². The molecule has 1 aromatic rings. The summed E-state index contributed by atoms with van der Waals surface area (Å²) in [7, 11) is 0. The summed E-state index contributed by atoms with van der Waals surface area (Å²) in [6, 6.07) is 3.62. The molecule has 1 N–H and O–H groups in total. The number of rotatable bonds is 4. The fourth-order valence-electron chi connectivity index (χ4n) is 2.12. The van der Waals surface area contributed by atoms with Crippen LogP contribution in [-0.4, -0.2) is 28.4 Å². The second-order valence-corrected chi connectivity index (χ2v) is 4.35. The second-order valence-electron chi connectivity index (χ2n) is 4.35. The van der Waals surface area contributed by atoms with Crippen molar-refractivity contribution >= 4 is 11.9 Å². The van der Waals surface area contributed by atoms with Gasteiger partial charge < -0.3 is 14.4 Å². The number of piperidine rings is 1. The van der Waals surface area contributed by atoms with Crippen LogP contribution in [0.2, 0.25) is 0 Å². The lowest BCUT2D eigenvalue weighted by molar-refractivity contribution is -0.141. The molecule has 0 spiro atoms. The van der Waals surface area contributed by atoms with Crippen molar-refractivity contribution in [2.24, 2.45) is 5.92 Å². The van der Waals surface area contributed by atoms with Crippen molar-refractivity contribution in [3.05, 3.63) is 24.2 Å². The molecule has 5 heteroatoms. The Kier molecular flexibility index (Phi) is 3.46. The van der Waals surface area contributed by atoms with Crippen molar-refractivity contribution in [1.29, 1.82) is 0 Å². The molecular formula is C12H15NO4. The normalized spacial score (nSPS) is 20.6. The zero-order chi connectivity index (χ0) is 12.3. The highest BCUT2D eigenvalue weighted by atomic mass is 16.4. The number of nitrogens with zero attached hydrogens (tertiary/aromatic N) is 1. The number of furan rings is 1. The summed E-state index contributed by atoms with van der Waals surface area (Å²) < 4.78 is 5.19. The van der Waals surface area contributed by atoms with Crippen LogP contribution < -0.4 is 0 Å². The predicted octanol–water partition coefficient (Wildman–Crippen LogP) is 1.49. The Morgan fingerprint density at radius 2 is 2.41 bits per heavy atom. The molecule has 1 aromatic heterocycles. The molecule has 0 radical (unpaired) electrons. The summed E-state index contributed by atoms with van der Waals surface area (Å²) in [4.78, 5) is 24.1. The first kappa shape index (κ1) is 11.7. The van der Waals surface area contributed by atoms with Crippen LogP contribution in [0.15, 0.2) is 22.8 Å². The molecule has 2 heterocycles. The van der Waals surface area contributed by atoms with E-state index in [1.807, 2.05) is 6.07 Å². The summed E-state index contributed by atoms with van der Waals surface area (Å²) in [5.41, 5.74) is 0. The Morgan fingerprint density at radius 3 is 3.00 bits per heavy atom. The minimum absolute atomic E-state index is 0.0129. The number of amides is 1. The number of aliphatic carboxylic acids is 1. The minimum atomic E-state index is -0.831. The highest BCUT2D eigenvalue weighted by molar-refractivity contribution is 5.78. The smallest absolute Gasteiger partial charge is 0.303 e. The molecule has 1 fully saturated rings. The van der Waals surface area contributed by atoms with E-state index in [9.17, 15) is 9.59 Å². The number of carboxylic acid groups (broad SMARTS) is 1. The monoisotopic (exact) mass is 237 g/mol. The van der Waals surface area contributed by atoms with Crippen LogP contribution in [0.4, 0.5) is 0 Å². The predicted molar refractivity (Wildman–Crippen MR) is 59.1 cm³/mol. The second kappa shape index (κ2) is 5.03. The Bertz CT molecular complexity index is 399. The van der Waals surface area contributed by atoms with E-state index in [1.54, 1.807) is 17.2 Å². The molecular weight excluding hydrogens is 222 g/mol. The van der Waals surface area contributed by atoms with Gasteiger partial charge in [-0.1, -0.05) is 0 Å². The third-order valence-electron chi connectivity index (χ3n) is 3.01. The molecule has 0 bridgehead atoms. The fraction of sp³-hybridized carbons (Fsp3) is 0.500. The van der Waals surface area contributed by atoms with E-state index in [4.69, 9.17) is 9.52 Å². The van der Waals surface area contributed by atoms with Gasteiger partial charge >= 0.3 is 5.97 Å². The summed E-state index contributed by atoms with van der Waals surface area (Å²) in [6.45, 7) is 1.09. The number of carbonyl (C=O) groups is 2. The first-order valence-corrected chi connectivity index (χ1v) is 5.67.